The highest BCUT2D eigenvalue weighted by atomic mass is 32.2. The maximum atomic E-state index is 12.5. The molecule has 1 atom stereocenters. The van der Waals surface area contributed by atoms with Crippen molar-refractivity contribution in [2.75, 3.05) is 39.5 Å². The number of hydrogen-bond donors (Lipinski definition) is 1. The van der Waals surface area contributed by atoms with E-state index in [4.69, 9.17) is 4.52 Å². The second-order valence-corrected chi connectivity index (χ2v) is 7.49. The van der Waals surface area contributed by atoms with Crippen molar-refractivity contribution in [2.24, 2.45) is 5.92 Å². The summed E-state index contributed by atoms with van der Waals surface area (Å²) in [6, 6.07) is 1.51. The fourth-order valence-electron chi connectivity index (χ4n) is 2.47. The molecular formula is C13H20N4O5S. The number of hydrogen-bond acceptors (Lipinski definition) is 6. The third-order valence-corrected chi connectivity index (χ3v) is 4.97. The van der Waals surface area contributed by atoms with E-state index in [1.54, 1.807) is 6.92 Å². The number of aryl methyl sites for hydroxylation is 1. The van der Waals surface area contributed by atoms with Gasteiger partial charge in [0.05, 0.1) is 12.2 Å². The van der Waals surface area contributed by atoms with Crippen LogP contribution in [0.1, 0.15) is 16.2 Å². The first-order valence-corrected chi connectivity index (χ1v) is 8.96. The first-order valence-electron chi connectivity index (χ1n) is 7.11. The molecule has 0 unspecified atom stereocenters. The second kappa shape index (κ2) is 6.67. The Bertz CT molecular complexity index is 699. The van der Waals surface area contributed by atoms with Crippen molar-refractivity contribution in [1.82, 2.24) is 19.7 Å². The predicted octanol–water partition coefficient (Wildman–Crippen LogP) is -0.937. The molecule has 128 valence electrons. The molecular weight excluding hydrogens is 324 g/mol. The third-order valence-electron chi connectivity index (χ3n) is 3.70. The molecule has 23 heavy (non-hydrogen) atoms. The Morgan fingerprint density at radius 3 is 2.57 bits per heavy atom. The van der Waals surface area contributed by atoms with Crippen molar-refractivity contribution in [1.29, 1.82) is 0 Å². The van der Waals surface area contributed by atoms with E-state index in [0.717, 1.165) is 6.26 Å². The van der Waals surface area contributed by atoms with Gasteiger partial charge in [0.25, 0.3) is 5.91 Å². The van der Waals surface area contributed by atoms with Gasteiger partial charge in [0.2, 0.25) is 15.9 Å². The van der Waals surface area contributed by atoms with Crippen LogP contribution in [0.5, 0.6) is 0 Å². The standard InChI is InChI=1S/C13H20N4O5S/c1-9-6-11(15-22-9)13(19)16-4-5-17(23(3,20)21)8-10(7-16)12(18)14-2/h6,10H,4-5,7-8H2,1-3H3,(H,14,18)/t10-/m0/s1. The highest BCUT2D eigenvalue weighted by Crippen LogP contribution is 2.15. The normalized spacial score (nSPS) is 20.1. The number of nitrogens with zero attached hydrogens (tertiary/aromatic N) is 3. The molecule has 0 radical (unpaired) electrons. The average Bonchev–Trinajstić information content (AvgIpc) is 2.78. The Kier molecular flexibility index (Phi) is 5.05. The quantitative estimate of drug-likeness (QED) is 0.757. The van der Waals surface area contributed by atoms with Gasteiger partial charge in [0, 0.05) is 39.3 Å². The molecule has 9 nitrogen and oxygen atoms in total. The lowest BCUT2D eigenvalue weighted by molar-refractivity contribution is -0.124. The van der Waals surface area contributed by atoms with Crippen molar-refractivity contribution in [3.05, 3.63) is 17.5 Å². The van der Waals surface area contributed by atoms with E-state index in [1.165, 1.54) is 22.3 Å². The minimum atomic E-state index is -3.45. The maximum Gasteiger partial charge on any atom is 0.276 e. The molecule has 0 bridgehead atoms. The fourth-order valence-corrected chi connectivity index (χ4v) is 3.33. The van der Waals surface area contributed by atoms with Crippen LogP contribution in [-0.2, 0) is 14.8 Å². The molecule has 0 aliphatic carbocycles. The molecule has 1 aliphatic rings. The van der Waals surface area contributed by atoms with Gasteiger partial charge in [-0.25, -0.2) is 8.42 Å². The Hall–Kier alpha value is -1.94. The van der Waals surface area contributed by atoms with Crippen LogP contribution >= 0.6 is 0 Å². The van der Waals surface area contributed by atoms with E-state index < -0.39 is 15.9 Å². The molecule has 0 saturated carbocycles. The van der Waals surface area contributed by atoms with E-state index in [2.05, 4.69) is 10.5 Å². The lowest BCUT2D eigenvalue weighted by Gasteiger charge is -2.22. The average molecular weight is 344 g/mol. The summed E-state index contributed by atoms with van der Waals surface area (Å²) in [6.45, 7) is 2.15. The summed E-state index contributed by atoms with van der Waals surface area (Å²) < 4.78 is 29.7. The van der Waals surface area contributed by atoms with Crippen LogP contribution in [0.25, 0.3) is 0 Å². The van der Waals surface area contributed by atoms with Crippen molar-refractivity contribution >= 4 is 21.8 Å². The summed E-state index contributed by atoms with van der Waals surface area (Å²) in [4.78, 5) is 25.9. The predicted molar refractivity (Wildman–Crippen MR) is 81.1 cm³/mol. The zero-order chi connectivity index (χ0) is 17.2. The zero-order valence-electron chi connectivity index (χ0n) is 13.3. The SMILES string of the molecule is CNC(=O)[C@H]1CN(C(=O)c2cc(C)on2)CCN(S(C)(=O)=O)C1. The van der Waals surface area contributed by atoms with Crippen LogP contribution < -0.4 is 5.32 Å². The van der Waals surface area contributed by atoms with Crippen LogP contribution in [0.3, 0.4) is 0 Å². The minimum absolute atomic E-state index is 0.0418. The molecule has 10 heteroatoms. The molecule has 0 spiro atoms. The Labute approximate surface area is 134 Å². The topological polar surface area (TPSA) is 113 Å². The molecule has 1 N–H and O–H groups in total. The highest BCUT2D eigenvalue weighted by Gasteiger charge is 2.33. The van der Waals surface area contributed by atoms with Gasteiger partial charge < -0.3 is 14.7 Å². The molecule has 1 saturated heterocycles. The maximum absolute atomic E-state index is 12.5. The molecule has 0 aromatic carbocycles. The molecule has 2 heterocycles. The lowest BCUT2D eigenvalue weighted by Crippen LogP contribution is -2.42. The van der Waals surface area contributed by atoms with Crippen LogP contribution in [0, 0.1) is 12.8 Å². The number of amides is 2. The van der Waals surface area contributed by atoms with E-state index >= 15 is 0 Å². The van der Waals surface area contributed by atoms with Gasteiger partial charge in [-0.15, -0.1) is 0 Å². The largest absolute Gasteiger partial charge is 0.361 e. The van der Waals surface area contributed by atoms with Crippen LogP contribution in [0.2, 0.25) is 0 Å². The molecule has 1 fully saturated rings. The van der Waals surface area contributed by atoms with Crippen molar-refractivity contribution in [3.8, 4) is 0 Å². The molecule has 1 aromatic heterocycles. The Morgan fingerprint density at radius 2 is 2.04 bits per heavy atom. The summed E-state index contributed by atoms with van der Waals surface area (Å²) >= 11 is 0. The number of carbonyl (C=O) groups excluding carboxylic acids is 2. The monoisotopic (exact) mass is 344 g/mol. The minimum Gasteiger partial charge on any atom is -0.361 e. The van der Waals surface area contributed by atoms with Gasteiger partial charge in [-0.3, -0.25) is 9.59 Å². The second-order valence-electron chi connectivity index (χ2n) is 5.51. The van der Waals surface area contributed by atoms with Gasteiger partial charge >= 0.3 is 0 Å². The van der Waals surface area contributed by atoms with Crippen LogP contribution in [-0.4, -0.2) is 74.1 Å². The van der Waals surface area contributed by atoms with Gasteiger partial charge in [-0.2, -0.15) is 4.31 Å². The third kappa shape index (κ3) is 4.08. The highest BCUT2D eigenvalue weighted by molar-refractivity contribution is 7.88. The summed E-state index contributed by atoms with van der Waals surface area (Å²) in [6.07, 6.45) is 1.09. The number of sulfonamides is 1. The molecule has 2 rings (SSSR count). The van der Waals surface area contributed by atoms with E-state index in [9.17, 15) is 18.0 Å². The summed E-state index contributed by atoms with van der Waals surface area (Å²) in [5, 5.41) is 6.19. The van der Waals surface area contributed by atoms with Gasteiger partial charge in [0.1, 0.15) is 5.76 Å². The number of aromatic nitrogens is 1. The van der Waals surface area contributed by atoms with Gasteiger partial charge in [0.15, 0.2) is 5.69 Å². The van der Waals surface area contributed by atoms with E-state index in [0.29, 0.717) is 5.76 Å². The van der Waals surface area contributed by atoms with E-state index in [-0.39, 0.29) is 43.7 Å². The molecule has 1 aromatic rings. The summed E-state index contributed by atoms with van der Waals surface area (Å²) in [7, 11) is -1.97. The van der Waals surface area contributed by atoms with E-state index in [1.807, 2.05) is 0 Å². The summed E-state index contributed by atoms with van der Waals surface area (Å²) in [5.74, 6) is -0.834. The van der Waals surface area contributed by atoms with Gasteiger partial charge in [-0.1, -0.05) is 5.16 Å². The van der Waals surface area contributed by atoms with Crippen molar-refractivity contribution in [2.45, 2.75) is 6.92 Å². The summed E-state index contributed by atoms with van der Waals surface area (Å²) in [5.41, 5.74) is 0.144. The van der Waals surface area contributed by atoms with Crippen LogP contribution in [0.15, 0.2) is 10.6 Å². The zero-order valence-corrected chi connectivity index (χ0v) is 14.1. The molecule has 1 aliphatic heterocycles. The number of carbonyl (C=O) groups is 2. The first kappa shape index (κ1) is 17.4. The fraction of sp³-hybridized carbons (Fsp3) is 0.615. The Balaban J connectivity index is 2.24. The lowest BCUT2D eigenvalue weighted by atomic mass is 10.1. The Morgan fingerprint density at radius 1 is 1.35 bits per heavy atom. The molecule has 2 amide bonds. The van der Waals surface area contributed by atoms with Gasteiger partial charge in [-0.05, 0) is 6.92 Å². The number of nitrogens with one attached hydrogen (secondary N) is 1. The van der Waals surface area contributed by atoms with Crippen molar-refractivity contribution < 1.29 is 22.5 Å². The van der Waals surface area contributed by atoms with Crippen molar-refractivity contribution in [3.63, 3.8) is 0 Å². The van der Waals surface area contributed by atoms with Crippen LogP contribution in [0.4, 0.5) is 0 Å². The smallest absolute Gasteiger partial charge is 0.276 e. The first-order chi connectivity index (χ1) is 10.7. The number of rotatable bonds is 3.